The number of aryl methyl sites for hydroxylation is 1. The molecule has 0 aliphatic carbocycles. The number of nitrogens with zero attached hydrogens (tertiary/aromatic N) is 1. The number of rotatable bonds is 7. The molecule has 1 N–H and O–H groups in total. The number of hydrogen-bond donors (Lipinski definition) is 1. The summed E-state index contributed by atoms with van der Waals surface area (Å²) in [6, 6.07) is 11.9. The van der Waals surface area contributed by atoms with Crippen LogP contribution in [0.5, 0.6) is 11.5 Å². The van der Waals surface area contributed by atoms with Gasteiger partial charge in [0.05, 0.1) is 19.1 Å². The molecule has 1 atom stereocenters. The van der Waals surface area contributed by atoms with Crippen LogP contribution in [0.2, 0.25) is 0 Å². The Balaban J connectivity index is 1.65. The van der Waals surface area contributed by atoms with Gasteiger partial charge in [-0.25, -0.2) is 13.1 Å². The average molecular weight is 433 g/mol. The Morgan fingerprint density at radius 3 is 2.33 bits per heavy atom. The molecular weight excluding hydrogens is 404 g/mol. The second-order valence-electron chi connectivity index (χ2n) is 7.53. The summed E-state index contributed by atoms with van der Waals surface area (Å²) in [6.45, 7) is 3.34. The van der Waals surface area contributed by atoms with Crippen molar-refractivity contribution in [1.82, 2.24) is 9.62 Å². The zero-order chi connectivity index (χ0) is 21.7. The normalized spacial score (nSPS) is 16.9. The van der Waals surface area contributed by atoms with Crippen molar-refractivity contribution in [3.8, 4) is 11.5 Å². The smallest absolute Gasteiger partial charge is 0.254 e. The minimum absolute atomic E-state index is 0.0513. The summed E-state index contributed by atoms with van der Waals surface area (Å²) >= 11 is 0. The highest BCUT2D eigenvalue weighted by molar-refractivity contribution is 7.89. The first-order valence-electron chi connectivity index (χ1n) is 9.91. The largest absolute Gasteiger partial charge is 0.497 e. The van der Waals surface area contributed by atoms with Crippen molar-refractivity contribution >= 4 is 15.9 Å². The molecule has 2 aromatic carbocycles. The van der Waals surface area contributed by atoms with E-state index in [-0.39, 0.29) is 16.7 Å². The minimum atomic E-state index is -3.57. The molecule has 3 rings (SSSR count). The Labute approximate surface area is 178 Å². The quantitative estimate of drug-likeness (QED) is 0.727. The molecule has 0 spiro atoms. The fraction of sp³-hybridized carbons (Fsp3) is 0.409. The number of amides is 1. The van der Waals surface area contributed by atoms with Gasteiger partial charge in [-0.15, -0.1) is 0 Å². The molecule has 8 heteroatoms. The lowest BCUT2D eigenvalue weighted by Crippen LogP contribution is -2.43. The number of nitrogens with one attached hydrogen (secondary N) is 1. The third-order valence-electron chi connectivity index (χ3n) is 5.30. The van der Waals surface area contributed by atoms with E-state index >= 15 is 0 Å². The first kappa shape index (κ1) is 22.1. The van der Waals surface area contributed by atoms with E-state index < -0.39 is 10.0 Å². The lowest BCUT2D eigenvalue weighted by molar-refractivity contribution is 0.0675. The SMILES string of the molecule is COc1cc(OC)cc(C(=O)N2CCCC(CNS(=O)(=O)c3ccc(C)cc3)C2)c1. The van der Waals surface area contributed by atoms with Crippen molar-refractivity contribution in [2.75, 3.05) is 33.9 Å². The number of likely N-dealkylation sites (tertiary alicyclic amines) is 1. The maximum Gasteiger partial charge on any atom is 0.254 e. The van der Waals surface area contributed by atoms with E-state index in [1.807, 2.05) is 6.92 Å². The first-order chi connectivity index (χ1) is 14.3. The van der Waals surface area contributed by atoms with Gasteiger partial charge in [0.15, 0.2) is 0 Å². The molecule has 1 heterocycles. The second-order valence-corrected chi connectivity index (χ2v) is 9.29. The number of sulfonamides is 1. The maximum absolute atomic E-state index is 13.0. The summed E-state index contributed by atoms with van der Waals surface area (Å²) in [4.78, 5) is 15.0. The van der Waals surface area contributed by atoms with Gasteiger partial charge in [0, 0.05) is 31.3 Å². The predicted molar refractivity (Wildman–Crippen MR) is 115 cm³/mol. The topological polar surface area (TPSA) is 84.9 Å². The predicted octanol–water partition coefficient (Wildman–Crippen LogP) is 2.84. The summed E-state index contributed by atoms with van der Waals surface area (Å²) in [7, 11) is -0.487. The monoisotopic (exact) mass is 432 g/mol. The highest BCUT2D eigenvalue weighted by Crippen LogP contribution is 2.25. The fourth-order valence-electron chi connectivity index (χ4n) is 3.56. The molecule has 1 saturated heterocycles. The van der Waals surface area contributed by atoms with Crippen LogP contribution in [0, 0.1) is 12.8 Å². The van der Waals surface area contributed by atoms with Gasteiger partial charge in [-0.1, -0.05) is 17.7 Å². The van der Waals surface area contributed by atoms with Crippen molar-refractivity contribution in [1.29, 1.82) is 0 Å². The number of methoxy groups -OCH3 is 2. The molecule has 2 aromatic rings. The Morgan fingerprint density at radius 1 is 1.10 bits per heavy atom. The summed E-state index contributed by atoms with van der Waals surface area (Å²) in [5, 5.41) is 0. The van der Waals surface area contributed by atoms with Crippen LogP contribution in [-0.4, -0.2) is 53.1 Å². The van der Waals surface area contributed by atoms with Crippen LogP contribution in [0.4, 0.5) is 0 Å². The number of benzene rings is 2. The van der Waals surface area contributed by atoms with Gasteiger partial charge >= 0.3 is 0 Å². The van der Waals surface area contributed by atoms with Gasteiger partial charge in [-0.3, -0.25) is 4.79 Å². The van der Waals surface area contributed by atoms with Gasteiger partial charge in [0.25, 0.3) is 5.91 Å². The number of ether oxygens (including phenoxy) is 2. The average Bonchev–Trinajstić information content (AvgIpc) is 2.77. The Morgan fingerprint density at radius 2 is 1.73 bits per heavy atom. The van der Waals surface area contributed by atoms with Gasteiger partial charge in [0.2, 0.25) is 10.0 Å². The maximum atomic E-state index is 13.0. The molecular formula is C22H28N2O5S. The van der Waals surface area contributed by atoms with Crippen molar-refractivity contribution < 1.29 is 22.7 Å². The molecule has 1 fully saturated rings. The van der Waals surface area contributed by atoms with Crippen LogP contribution < -0.4 is 14.2 Å². The van der Waals surface area contributed by atoms with Gasteiger partial charge < -0.3 is 14.4 Å². The second kappa shape index (κ2) is 9.49. The van der Waals surface area contributed by atoms with Crippen LogP contribution >= 0.6 is 0 Å². The van der Waals surface area contributed by atoms with Crippen LogP contribution in [0.15, 0.2) is 47.4 Å². The number of carbonyl (C=O) groups excluding carboxylic acids is 1. The third-order valence-corrected chi connectivity index (χ3v) is 6.74. The first-order valence-corrected chi connectivity index (χ1v) is 11.4. The van der Waals surface area contributed by atoms with Gasteiger partial charge in [-0.2, -0.15) is 0 Å². The molecule has 30 heavy (non-hydrogen) atoms. The van der Waals surface area contributed by atoms with Crippen molar-refractivity contribution in [3.63, 3.8) is 0 Å². The molecule has 0 aromatic heterocycles. The van der Waals surface area contributed by atoms with E-state index in [9.17, 15) is 13.2 Å². The van der Waals surface area contributed by atoms with E-state index in [4.69, 9.17) is 9.47 Å². The van der Waals surface area contributed by atoms with Crippen LogP contribution in [0.3, 0.4) is 0 Å². The number of hydrogen-bond acceptors (Lipinski definition) is 5. The Kier molecular flexibility index (Phi) is 6.99. The van der Waals surface area contributed by atoms with E-state index in [2.05, 4.69) is 4.72 Å². The summed E-state index contributed by atoms with van der Waals surface area (Å²) in [6.07, 6.45) is 1.69. The third kappa shape index (κ3) is 5.31. The van der Waals surface area contributed by atoms with E-state index in [1.54, 1.807) is 61.6 Å². The molecule has 0 saturated carbocycles. The lowest BCUT2D eigenvalue weighted by Gasteiger charge is -2.33. The molecule has 1 unspecified atom stereocenters. The molecule has 162 valence electrons. The van der Waals surface area contributed by atoms with Crippen molar-refractivity contribution in [2.24, 2.45) is 5.92 Å². The minimum Gasteiger partial charge on any atom is -0.497 e. The van der Waals surface area contributed by atoms with Gasteiger partial charge in [0.1, 0.15) is 11.5 Å². The zero-order valence-corrected chi connectivity index (χ0v) is 18.4. The summed E-state index contributed by atoms with van der Waals surface area (Å²) in [5.74, 6) is 1.04. The van der Waals surface area contributed by atoms with Crippen LogP contribution in [0.25, 0.3) is 0 Å². The van der Waals surface area contributed by atoms with Crippen molar-refractivity contribution in [2.45, 2.75) is 24.7 Å². The summed E-state index contributed by atoms with van der Waals surface area (Å²) < 4.78 is 38.3. The summed E-state index contributed by atoms with van der Waals surface area (Å²) in [5.41, 5.74) is 1.50. The molecule has 0 radical (unpaired) electrons. The van der Waals surface area contributed by atoms with E-state index in [1.165, 1.54) is 0 Å². The molecule has 1 aliphatic heterocycles. The fourth-order valence-corrected chi connectivity index (χ4v) is 4.67. The number of piperidine rings is 1. The lowest BCUT2D eigenvalue weighted by atomic mass is 9.97. The molecule has 1 aliphatic rings. The highest BCUT2D eigenvalue weighted by atomic mass is 32.2. The highest BCUT2D eigenvalue weighted by Gasteiger charge is 2.26. The van der Waals surface area contributed by atoms with Crippen molar-refractivity contribution in [3.05, 3.63) is 53.6 Å². The molecule has 1 amide bonds. The number of carbonyl (C=O) groups is 1. The van der Waals surface area contributed by atoms with Gasteiger partial charge in [-0.05, 0) is 49.9 Å². The van der Waals surface area contributed by atoms with Crippen LogP contribution in [0.1, 0.15) is 28.8 Å². The molecule has 7 nitrogen and oxygen atoms in total. The Hall–Kier alpha value is -2.58. The van der Waals surface area contributed by atoms with Crippen LogP contribution in [-0.2, 0) is 10.0 Å². The van der Waals surface area contributed by atoms with E-state index in [0.717, 1.165) is 18.4 Å². The Bertz CT molecular complexity index is 967. The van der Waals surface area contributed by atoms with E-state index in [0.29, 0.717) is 36.7 Å². The standard InChI is InChI=1S/C22H28N2O5S/c1-16-6-8-21(9-7-16)30(26,27)23-14-17-5-4-10-24(15-17)22(25)18-11-19(28-2)13-20(12-18)29-3/h6-9,11-13,17,23H,4-5,10,14-15H2,1-3H3. The zero-order valence-electron chi connectivity index (χ0n) is 17.6. The molecule has 0 bridgehead atoms.